The first-order valence-corrected chi connectivity index (χ1v) is 7.17. The van der Waals surface area contributed by atoms with Crippen LogP contribution in [0.25, 0.3) is 0 Å². The van der Waals surface area contributed by atoms with E-state index in [0.717, 1.165) is 6.42 Å². The molecule has 0 unspecified atom stereocenters. The van der Waals surface area contributed by atoms with Gasteiger partial charge in [-0.05, 0) is 44.4 Å². The van der Waals surface area contributed by atoms with Crippen LogP contribution in [0.15, 0.2) is 0 Å². The Morgan fingerprint density at radius 1 is 1.32 bits per heavy atom. The van der Waals surface area contributed by atoms with Gasteiger partial charge in [-0.15, -0.1) is 0 Å². The quantitative estimate of drug-likeness (QED) is 0.747. The van der Waals surface area contributed by atoms with Crippen LogP contribution < -0.4 is 5.32 Å². The number of aliphatic carboxylic acids is 1. The van der Waals surface area contributed by atoms with Crippen molar-refractivity contribution in [3.05, 3.63) is 0 Å². The summed E-state index contributed by atoms with van der Waals surface area (Å²) in [4.78, 5) is 22.9. The van der Waals surface area contributed by atoms with E-state index in [4.69, 9.17) is 5.11 Å². The van der Waals surface area contributed by atoms with Crippen LogP contribution in [0.2, 0.25) is 0 Å². The lowest BCUT2D eigenvalue weighted by atomic mass is 9.64. The van der Waals surface area contributed by atoms with Crippen molar-refractivity contribution in [1.29, 1.82) is 0 Å². The van der Waals surface area contributed by atoms with Crippen molar-refractivity contribution in [2.75, 3.05) is 6.54 Å². The fraction of sp³-hybridized carbons (Fsp3) is 0.867. The topological polar surface area (TPSA) is 66.4 Å². The van der Waals surface area contributed by atoms with Crippen molar-refractivity contribution in [3.63, 3.8) is 0 Å². The molecule has 0 aromatic carbocycles. The number of hydrogen-bond acceptors (Lipinski definition) is 2. The van der Waals surface area contributed by atoms with Crippen molar-refractivity contribution in [2.45, 2.75) is 59.8 Å². The highest BCUT2D eigenvalue weighted by atomic mass is 16.4. The molecule has 0 aliphatic heterocycles. The zero-order valence-corrected chi connectivity index (χ0v) is 12.6. The van der Waals surface area contributed by atoms with Crippen molar-refractivity contribution in [3.8, 4) is 0 Å². The van der Waals surface area contributed by atoms with Crippen molar-refractivity contribution >= 4 is 11.9 Å². The standard InChI is InChI=1S/C15H27NO3/c1-11(2)8-15(6-5-7-15)10-16-12(17)9-14(3,4)13(18)19/h11H,5-10H2,1-4H3,(H,16,17)(H,18,19). The highest BCUT2D eigenvalue weighted by Crippen LogP contribution is 2.45. The van der Waals surface area contributed by atoms with E-state index < -0.39 is 11.4 Å². The third kappa shape index (κ3) is 4.51. The molecule has 1 amide bonds. The summed E-state index contributed by atoms with van der Waals surface area (Å²) < 4.78 is 0. The molecule has 4 nitrogen and oxygen atoms in total. The maximum atomic E-state index is 11.9. The van der Waals surface area contributed by atoms with Crippen LogP contribution in [0, 0.1) is 16.7 Å². The molecular weight excluding hydrogens is 242 g/mol. The minimum Gasteiger partial charge on any atom is -0.481 e. The van der Waals surface area contributed by atoms with Crippen molar-refractivity contribution in [2.24, 2.45) is 16.7 Å². The van der Waals surface area contributed by atoms with Crippen LogP contribution >= 0.6 is 0 Å². The molecule has 0 aromatic heterocycles. The van der Waals surface area contributed by atoms with E-state index in [1.54, 1.807) is 13.8 Å². The zero-order chi connectivity index (χ0) is 14.7. The molecule has 0 aromatic rings. The first kappa shape index (κ1) is 16.0. The summed E-state index contributed by atoms with van der Waals surface area (Å²) in [6.45, 7) is 8.27. The summed E-state index contributed by atoms with van der Waals surface area (Å²) in [6, 6.07) is 0. The molecule has 1 rings (SSSR count). The Kier molecular flexibility index (Phi) is 4.99. The minimum atomic E-state index is -0.991. The second-order valence-corrected chi connectivity index (χ2v) is 7.09. The number of hydrogen-bond donors (Lipinski definition) is 2. The van der Waals surface area contributed by atoms with Gasteiger partial charge in [-0.3, -0.25) is 9.59 Å². The molecule has 0 heterocycles. The first-order valence-electron chi connectivity index (χ1n) is 7.17. The number of carbonyl (C=O) groups excluding carboxylic acids is 1. The van der Waals surface area contributed by atoms with Gasteiger partial charge in [0.15, 0.2) is 0 Å². The summed E-state index contributed by atoms with van der Waals surface area (Å²) in [6.07, 6.45) is 4.76. The number of amides is 1. The fourth-order valence-electron chi connectivity index (χ4n) is 2.82. The molecular formula is C15H27NO3. The second kappa shape index (κ2) is 5.93. The molecule has 1 fully saturated rings. The third-order valence-electron chi connectivity index (χ3n) is 4.10. The molecule has 110 valence electrons. The first-order chi connectivity index (χ1) is 8.67. The highest BCUT2D eigenvalue weighted by Gasteiger charge is 2.38. The number of carboxylic acid groups (broad SMARTS) is 1. The van der Waals surface area contributed by atoms with Crippen LogP contribution in [0.3, 0.4) is 0 Å². The molecule has 1 aliphatic rings. The van der Waals surface area contributed by atoms with Crippen molar-refractivity contribution < 1.29 is 14.7 Å². The molecule has 0 spiro atoms. The Bertz CT molecular complexity index is 343. The second-order valence-electron chi connectivity index (χ2n) is 7.09. The van der Waals surface area contributed by atoms with E-state index in [0.29, 0.717) is 12.5 Å². The van der Waals surface area contributed by atoms with Gasteiger partial charge in [-0.1, -0.05) is 20.3 Å². The highest BCUT2D eigenvalue weighted by molar-refractivity contribution is 5.84. The lowest BCUT2D eigenvalue weighted by molar-refractivity contribution is -0.149. The average molecular weight is 269 g/mol. The molecule has 1 aliphatic carbocycles. The summed E-state index contributed by atoms with van der Waals surface area (Å²) >= 11 is 0. The van der Waals surface area contributed by atoms with E-state index in [2.05, 4.69) is 19.2 Å². The summed E-state index contributed by atoms with van der Waals surface area (Å²) in [7, 11) is 0. The summed E-state index contributed by atoms with van der Waals surface area (Å²) in [5, 5.41) is 12.0. The predicted octanol–water partition coefficient (Wildman–Crippen LogP) is 2.82. The van der Waals surface area contributed by atoms with E-state index in [9.17, 15) is 9.59 Å². The Morgan fingerprint density at radius 2 is 1.89 bits per heavy atom. The molecule has 1 saturated carbocycles. The van der Waals surface area contributed by atoms with E-state index >= 15 is 0 Å². The minimum absolute atomic E-state index is 0.0418. The predicted molar refractivity (Wildman–Crippen MR) is 74.8 cm³/mol. The normalized spacial score (nSPS) is 17.9. The lowest BCUT2D eigenvalue weighted by Gasteiger charge is -2.43. The van der Waals surface area contributed by atoms with E-state index in [1.165, 1.54) is 19.3 Å². The molecule has 0 bridgehead atoms. The third-order valence-corrected chi connectivity index (χ3v) is 4.10. The SMILES string of the molecule is CC(C)CC1(CNC(=O)CC(C)(C)C(=O)O)CCC1. The van der Waals surface area contributed by atoms with E-state index in [-0.39, 0.29) is 17.7 Å². The fourth-order valence-corrected chi connectivity index (χ4v) is 2.82. The molecule has 4 heteroatoms. The van der Waals surface area contributed by atoms with Crippen LogP contribution in [0.5, 0.6) is 0 Å². The van der Waals surface area contributed by atoms with Gasteiger partial charge in [-0.2, -0.15) is 0 Å². The van der Waals surface area contributed by atoms with Gasteiger partial charge in [0.05, 0.1) is 5.41 Å². The Labute approximate surface area is 116 Å². The molecule has 0 atom stereocenters. The number of carbonyl (C=O) groups is 2. The lowest BCUT2D eigenvalue weighted by Crippen LogP contribution is -2.44. The Hall–Kier alpha value is -1.06. The maximum absolute atomic E-state index is 11.9. The molecule has 2 N–H and O–H groups in total. The van der Waals surface area contributed by atoms with Gasteiger partial charge in [0, 0.05) is 13.0 Å². The smallest absolute Gasteiger partial charge is 0.309 e. The van der Waals surface area contributed by atoms with Gasteiger partial charge in [0.25, 0.3) is 0 Å². The summed E-state index contributed by atoms with van der Waals surface area (Å²) in [5.74, 6) is -0.446. The number of rotatable bonds is 7. The zero-order valence-electron chi connectivity index (χ0n) is 12.6. The Balaban J connectivity index is 2.43. The average Bonchev–Trinajstić information content (AvgIpc) is 2.20. The van der Waals surface area contributed by atoms with Gasteiger partial charge in [0.1, 0.15) is 0 Å². The van der Waals surface area contributed by atoms with Gasteiger partial charge in [-0.25, -0.2) is 0 Å². The van der Waals surface area contributed by atoms with Gasteiger partial charge < -0.3 is 10.4 Å². The monoisotopic (exact) mass is 269 g/mol. The van der Waals surface area contributed by atoms with Gasteiger partial charge in [0.2, 0.25) is 5.91 Å². The maximum Gasteiger partial charge on any atom is 0.309 e. The van der Waals surface area contributed by atoms with Crippen LogP contribution in [-0.2, 0) is 9.59 Å². The van der Waals surface area contributed by atoms with Crippen LogP contribution in [0.1, 0.15) is 59.8 Å². The van der Waals surface area contributed by atoms with Gasteiger partial charge >= 0.3 is 5.97 Å². The van der Waals surface area contributed by atoms with Crippen LogP contribution in [-0.4, -0.2) is 23.5 Å². The number of carboxylic acids is 1. The largest absolute Gasteiger partial charge is 0.481 e. The Morgan fingerprint density at radius 3 is 2.26 bits per heavy atom. The van der Waals surface area contributed by atoms with E-state index in [1.807, 2.05) is 0 Å². The van der Waals surface area contributed by atoms with Crippen molar-refractivity contribution in [1.82, 2.24) is 5.32 Å². The molecule has 19 heavy (non-hydrogen) atoms. The number of nitrogens with one attached hydrogen (secondary N) is 1. The molecule has 0 radical (unpaired) electrons. The van der Waals surface area contributed by atoms with Crippen LogP contribution in [0.4, 0.5) is 0 Å². The molecule has 0 saturated heterocycles. The summed E-state index contributed by atoms with van der Waals surface area (Å²) in [5.41, 5.74) is -0.730.